The number of ether oxygens (including phenoxy) is 1. The van der Waals surface area contributed by atoms with Crippen LogP contribution in [-0.2, 0) is 20.9 Å². The minimum atomic E-state index is 0.0580. The van der Waals surface area contributed by atoms with Crippen molar-refractivity contribution in [3.63, 3.8) is 0 Å². The molecule has 0 unspecified atom stereocenters. The molecular formula is C21H28N4O3. The molecule has 7 nitrogen and oxygen atoms in total. The Kier molecular flexibility index (Phi) is 5.64. The maximum Gasteiger partial charge on any atom is 0.242 e. The fourth-order valence-corrected chi connectivity index (χ4v) is 4.09. The van der Waals surface area contributed by atoms with Gasteiger partial charge in [0.1, 0.15) is 6.54 Å². The molecule has 28 heavy (non-hydrogen) atoms. The number of hydrogen-bond acceptors (Lipinski definition) is 4. The summed E-state index contributed by atoms with van der Waals surface area (Å²) in [5.74, 6) is 0.260. The third-order valence-corrected chi connectivity index (χ3v) is 5.70. The predicted molar refractivity (Wildman–Crippen MR) is 108 cm³/mol. The topological polar surface area (TPSA) is 75.6 Å². The van der Waals surface area contributed by atoms with E-state index in [4.69, 9.17) is 4.74 Å². The van der Waals surface area contributed by atoms with E-state index in [0.717, 1.165) is 36.0 Å². The highest BCUT2D eigenvalue weighted by molar-refractivity contribution is 5.95. The van der Waals surface area contributed by atoms with Crippen molar-refractivity contribution in [3.05, 3.63) is 30.5 Å². The number of fused-ring (bicyclic) bond motifs is 1. The van der Waals surface area contributed by atoms with Gasteiger partial charge in [0.05, 0.1) is 13.2 Å². The molecule has 0 radical (unpaired) electrons. The number of carbonyl (C=O) groups excluding carboxylic acids is 2. The van der Waals surface area contributed by atoms with Crippen LogP contribution in [0.4, 0.5) is 5.69 Å². The smallest absolute Gasteiger partial charge is 0.242 e. The predicted octanol–water partition coefficient (Wildman–Crippen LogP) is 1.83. The average Bonchev–Trinajstić information content (AvgIpc) is 3.10. The number of piperidine rings is 1. The van der Waals surface area contributed by atoms with E-state index in [0.29, 0.717) is 38.9 Å². The van der Waals surface area contributed by atoms with Crippen molar-refractivity contribution in [3.8, 4) is 0 Å². The van der Waals surface area contributed by atoms with Crippen LogP contribution in [0.2, 0.25) is 0 Å². The van der Waals surface area contributed by atoms with Gasteiger partial charge in [0.15, 0.2) is 0 Å². The third kappa shape index (κ3) is 4.20. The number of nitrogens with one attached hydrogen (secondary N) is 2. The van der Waals surface area contributed by atoms with Gasteiger partial charge < -0.3 is 24.8 Å². The Bertz CT molecular complexity index is 856. The molecule has 2 aliphatic heterocycles. The first-order valence-corrected chi connectivity index (χ1v) is 10.1. The van der Waals surface area contributed by atoms with Crippen LogP contribution in [0.15, 0.2) is 30.5 Å². The van der Waals surface area contributed by atoms with Crippen molar-refractivity contribution in [2.45, 2.75) is 32.4 Å². The molecule has 2 fully saturated rings. The van der Waals surface area contributed by atoms with E-state index < -0.39 is 0 Å². The van der Waals surface area contributed by atoms with Crippen LogP contribution in [0.3, 0.4) is 0 Å². The first kappa shape index (κ1) is 19.0. The molecule has 0 spiro atoms. The highest BCUT2D eigenvalue weighted by atomic mass is 16.5. The van der Waals surface area contributed by atoms with Crippen LogP contribution in [0.25, 0.3) is 10.9 Å². The van der Waals surface area contributed by atoms with Gasteiger partial charge in [-0.05, 0) is 50.6 Å². The summed E-state index contributed by atoms with van der Waals surface area (Å²) in [6.07, 6.45) is 3.68. The lowest BCUT2D eigenvalue weighted by Crippen LogP contribution is -2.42. The zero-order valence-electron chi connectivity index (χ0n) is 16.3. The lowest BCUT2D eigenvalue weighted by Gasteiger charge is -2.27. The summed E-state index contributed by atoms with van der Waals surface area (Å²) in [6.45, 7) is 5.86. The summed E-state index contributed by atoms with van der Waals surface area (Å²) in [7, 11) is 0. The Labute approximate surface area is 165 Å². The van der Waals surface area contributed by atoms with E-state index in [9.17, 15) is 9.59 Å². The van der Waals surface area contributed by atoms with E-state index in [1.54, 1.807) is 0 Å². The normalized spacial score (nSPS) is 23.0. The van der Waals surface area contributed by atoms with Crippen molar-refractivity contribution < 1.29 is 14.3 Å². The summed E-state index contributed by atoms with van der Waals surface area (Å²) in [6, 6.07) is 8.24. The Morgan fingerprint density at radius 3 is 2.86 bits per heavy atom. The Morgan fingerprint density at radius 2 is 2.07 bits per heavy atom. The van der Waals surface area contributed by atoms with Gasteiger partial charge in [-0.2, -0.15) is 0 Å². The fourth-order valence-electron chi connectivity index (χ4n) is 4.09. The fraction of sp³-hybridized carbons (Fsp3) is 0.524. The lowest BCUT2D eigenvalue weighted by molar-refractivity contribution is -0.135. The standard InChI is InChI=1S/C21H28N4O3/c1-15-12-17(4-6-22-15)21(27)23-18-2-3-19-16(13-18)5-7-25(19)14-20(26)24-8-10-28-11-9-24/h2-3,5,7,13,15,17,22H,4,6,8-12,14H2,1H3,(H,23,27)/t15-,17-/m0/s1. The zero-order chi connectivity index (χ0) is 19.5. The van der Waals surface area contributed by atoms with Crippen molar-refractivity contribution >= 4 is 28.4 Å². The monoisotopic (exact) mass is 384 g/mol. The van der Waals surface area contributed by atoms with Crippen LogP contribution in [0.5, 0.6) is 0 Å². The second-order valence-electron chi connectivity index (χ2n) is 7.78. The van der Waals surface area contributed by atoms with E-state index in [-0.39, 0.29) is 17.7 Å². The second kappa shape index (κ2) is 8.32. The van der Waals surface area contributed by atoms with Crippen molar-refractivity contribution in [1.82, 2.24) is 14.8 Å². The molecule has 2 aromatic rings. The first-order chi connectivity index (χ1) is 13.6. The number of rotatable bonds is 4. The Balaban J connectivity index is 1.42. The summed E-state index contributed by atoms with van der Waals surface area (Å²) in [4.78, 5) is 26.9. The summed E-state index contributed by atoms with van der Waals surface area (Å²) in [5, 5.41) is 7.46. The molecule has 2 saturated heterocycles. The van der Waals surface area contributed by atoms with Gasteiger partial charge in [0.25, 0.3) is 0 Å². The Hall–Kier alpha value is -2.38. The van der Waals surface area contributed by atoms with E-state index in [2.05, 4.69) is 17.6 Å². The van der Waals surface area contributed by atoms with Gasteiger partial charge in [-0.15, -0.1) is 0 Å². The first-order valence-electron chi connectivity index (χ1n) is 10.1. The van der Waals surface area contributed by atoms with Gasteiger partial charge in [-0.1, -0.05) is 0 Å². The van der Waals surface area contributed by atoms with E-state index >= 15 is 0 Å². The van der Waals surface area contributed by atoms with Gasteiger partial charge >= 0.3 is 0 Å². The average molecular weight is 384 g/mol. The summed E-state index contributed by atoms with van der Waals surface area (Å²) in [5.41, 5.74) is 1.80. The maximum atomic E-state index is 12.6. The van der Waals surface area contributed by atoms with Gasteiger partial charge in [-0.3, -0.25) is 9.59 Å². The van der Waals surface area contributed by atoms with Crippen LogP contribution >= 0.6 is 0 Å². The summed E-state index contributed by atoms with van der Waals surface area (Å²) < 4.78 is 7.28. The van der Waals surface area contributed by atoms with Crippen LogP contribution < -0.4 is 10.6 Å². The molecule has 150 valence electrons. The largest absolute Gasteiger partial charge is 0.378 e. The highest BCUT2D eigenvalue weighted by Crippen LogP contribution is 2.23. The summed E-state index contributed by atoms with van der Waals surface area (Å²) >= 11 is 0. The number of amides is 2. The molecule has 2 aliphatic rings. The number of aromatic nitrogens is 1. The highest BCUT2D eigenvalue weighted by Gasteiger charge is 2.24. The van der Waals surface area contributed by atoms with Crippen molar-refractivity contribution in [1.29, 1.82) is 0 Å². The minimum Gasteiger partial charge on any atom is -0.378 e. The Morgan fingerprint density at radius 1 is 1.25 bits per heavy atom. The number of carbonyl (C=O) groups is 2. The molecular weight excluding hydrogens is 356 g/mol. The zero-order valence-corrected chi connectivity index (χ0v) is 16.3. The van der Waals surface area contributed by atoms with Gasteiger partial charge in [0.2, 0.25) is 11.8 Å². The molecule has 1 aromatic heterocycles. The van der Waals surface area contributed by atoms with Gasteiger partial charge in [-0.25, -0.2) is 0 Å². The van der Waals surface area contributed by atoms with Crippen molar-refractivity contribution in [2.75, 3.05) is 38.2 Å². The molecule has 0 saturated carbocycles. The van der Waals surface area contributed by atoms with E-state index in [1.807, 2.05) is 39.9 Å². The van der Waals surface area contributed by atoms with Crippen LogP contribution in [-0.4, -0.2) is 60.2 Å². The second-order valence-corrected chi connectivity index (χ2v) is 7.78. The molecule has 2 atom stereocenters. The van der Waals surface area contributed by atoms with E-state index in [1.165, 1.54) is 0 Å². The maximum absolute atomic E-state index is 12.6. The minimum absolute atomic E-state index is 0.0580. The SMILES string of the molecule is C[C@H]1C[C@@H](C(=O)Nc2ccc3c(ccn3CC(=O)N3CCOCC3)c2)CCN1. The van der Waals surface area contributed by atoms with Crippen molar-refractivity contribution in [2.24, 2.45) is 5.92 Å². The molecule has 2 amide bonds. The molecule has 0 aliphatic carbocycles. The molecule has 1 aromatic carbocycles. The van der Waals surface area contributed by atoms with Crippen LogP contribution in [0.1, 0.15) is 19.8 Å². The lowest BCUT2D eigenvalue weighted by atomic mass is 9.92. The number of benzene rings is 1. The molecule has 3 heterocycles. The molecule has 2 N–H and O–H groups in total. The number of hydrogen-bond donors (Lipinski definition) is 2. The van der Waals surface area contributed by atoms with Gasteiger partial charge in [0, 0.05) is 47.8 Å². The molecule has 0 bridgehead atoms. The number of nitrogens with zero attached hydrogens (tertiary/aromatic N) is 2. The molecule has 7 heteroatoms. The quantitative estimate of drug-likeness (QED) is 0.843. The number of anilines is 1. The number of morpholine rings is 1. The van der Waals surface area contributed by atoms with Crippen LogP contribution in [0, 0.1) is 5.92 Å². The molecule has 4 rings (SSSR count). The third-order valence-electron chi connectivity index (χ3n) is 5.70.